The van der Waals surface area contributed by atoms with Crippen molar-refractivity contribution in [2.45, 2.75) is 67.3 Å². The average molecular weight is 438 g/mol. The summed E-state index contributed by atoms with van der Waals surface area (Å²) in [5.41, 5.74) is -5.43. The van der Waals surface area contributed by atoms with Gasteiger partial charge in [-0.3, -0.25) is 0 Å². The highest BCUT2D eigenvalue weighted by Crippen LogP contribution is 2.52. The number of hydrogen-bond donors (Lipinski definition) is 8. The van der Waals surface area contributed by atoms with E-state index in [1.807, 2.05) is 0 Å². The summed E-state index contributed by atoms with van der Waals surface area (Å²) in [5, 5.41) is 81.9. The molecule has 30 heavy (non-hydrogen) atoms. The molecule has 1 aliphatic carbocycles. The minimum Gasteiger partial charge on any atom is -0.471 e. The van der Waals surface area contributed by atoms with Gasteiger partial charge in [0.2, 0.25) is 6.29 Å². The Kier molecular flexibility index (Phi) is 6.16. The number of fused-ring (bicyclic) bond motifs is 1. The van der Waals surface area contributed by atoms with Crippen molar-refractivity contribution in [1.29, 1.82) is 0 Å². The topological polar surface area (TPSA) is 216 Å². The number of aliphatic hydroxyl groups is 8. The minimum absolute atomic E-state index is 0.590. The fourth-order valence-corrected chi connectivity index (χ4v) is 4.24. The Labute approximate surface area is 170 Å². The molecule has 0 radical (unpaired) electrons. The third kappa shape index (κ3) is 3.22. The molecular weight excluding hydrogens is 412 g/mol. The van der Waals surface area contributed by atoms with Crippen LogP contribution in [-0.4, -0.2) is 121 Å². The molecule has 13 nitrogen and oxygen atoms in total. The van der Waals surface area contributed by atoms with E-state index in [2.05, 4.69) is 4.74 Å². The summed E-state index contributed by atoms with van der Waals surface area (Å²) in [6.07, 6.45) is -13.3. The van der Waals surface area contributed by atoms with Gasteiger partial charge in [-0.15, -0.1) is 0 Å². The molecule has 0 aromatic heterocycles. The van der Waals surface area contributed by atoms with Gasteiger partial charge in [0.1, 0.15) is 59.7 Å². The number of carbonyl (C=O) groups is 1. The van der Waals surface area contributed by atoms with E-state index in [4.69, 9.17) is 14.2 Å². The molecule has 0 bridgehead atoms. The van der Waals surface area contributed by atoms with E-state index in [1.165, 1.54) is 0 Å². The molecule has 4 unspecified atom stereocenters. The Bertz CT molecular complexity index is 693. The first-order valence-corrected chi connectivity index (χ1v) is 9.14. The van der Waals surface area contributed by atoms with E-state index in [1.54, 1.807) is 0 Å². The van der Waals surface area contributed by atoms with Crippen molar-refractivity contribution >= 4 is 5.97 Å². The van der Waals surface area contributed by atoms with Crippen LogP contribution in [0.15, 0.2) is 11.8 Å². The Morgan fingerprint density at radius 1 is 1.07 bits per heavy atom. The van der Waals surface area contributed by atoms with Crippen LogP contribution in [0.2, 0.25) is 0 Å². The molecule has 2 aliphatic heterocycles. The van der Waals surface area contributed by atoms with Crippen LogP contribution in [0.5, 0.6) is 0 Å². The van der Waals surface area contributed by atoms with E-state index < -0.39 is 84.5 Å². The third-order valence-electron chi connectivity index (χ3n) is 6.00. The lowest BCUT2D eigenvalue weighted by molar-refractivity contribution is -0.352. The first kappa shape index (κ1) is 23.3. The fourth-order valence-electron chi connectivity index (χ4n) is 4.24. The van der Waals surface area contributed by atoms with Crippen molar-refractivity contribution < 1.29 is 64.6 Å². The summed E-state index contributed by atoms with van der Waals surface area (Å²) in [6.45, 7) is 0.335. The highest BCUT2D eigenvalue weighted by atomic mass is 16.8. The van der Waals surface area contributed by atoms with Crippen molar-refractivity contribution in [3.8, 4) is 0 Å². The largest absolute Gasteiger partial charge is 0.471 e. The fraction of sp³-hybridized carbons (Fsp3) is 0.824. The highest BCUT2D eigenvalue weighted by Gasteiger charge is 2.72. The molecule has 1 saturated carbocycles. The quantitative estimate of drug-likeness (QED) is 0.193. The molecule has 11 atom stereocenters. The van der Waals surface area contributed by atoms with Gasteiger partial charge in [0.25, 0.3) is 0 Å². The van der Waals surface area contributed by atoms with E-state index in [-0.39, 0.29) is 0 Å². The number of esters is 1. The van der Waals surface area contributed by atoms with Gasteiger partial charge < -0.3 is 59.8 Å². The monoisotopic (exact) mass is 438 g/mol. The summed E-state index contributed by atoms with van der Waals surface area (Å²) in [7, 11) is 1.01. The molecular formula is C17H26O13. The lowest BCUT2D eigenvalue weighted by Gasteiger charge is -2.46. The SMILES string of the molecule is COC(=O)C1=COC(O[C@@H]2O[C@H](CO)[C@@H](O)[C@H](O)[C@H]2O)C2C(C)(O)C(O)[C@@H](O)[C@]12O. The molecule has 0 spiro atoms. The van der Waals surface area contributed by atoms with Crippen LogP contribution in [0.1, 0.15) is 6.92 Å². The van der Waals surface area contributed by atoms with Crippen LogP contribution in [0, 0.1) is 5.92 Å². The summed E-state index contributed by atoms with van der Waals surface area (Å²) in [6, 6.07) is 0. The van der Waals surface area contributed by atoms with Gasteiger partial charge in [-0.25, -0.2) is 4.79 Å². The maximum absolute atomic E-state index is 12.1. The van der Waals surface area contributed by atoms with Crippen molar-refractivity contribution in [1.82, 2.24) is 0 Å². The standard InChI is InChI=1S/C17H26O13/c1-16(25)10-15(30-14-9(21)8(20)7(19)6(3-18)29-14)28-4-5(13(24)27-2)17(10,26)12(23)11(16)22/h4,6-12,14-15,18-23,25-26H,3H2,1-2H3/t6-,7-,8+,9-,10?,11?,12-,14+,15?,16?,17+/m1/s1. The van der Waals surface area contributed by atoms with Gasteiger partial charge in [0.05, 0.1) is 19.6 Å². The summed E-state index contributed by atoms with van der Waals surface area (Å²) in [4.78, 5) is 12.1. The van der Waals surface area contributed by atoms with Crippen LogP contribution in [-0.2, 0) is 23.7 Å². The number of hydrogen-bond acceptors (Lipinski definition) is 13. The summed E-state index contributed by atoms with van der Waals surface area (Å²) < 4.78 is 20.5. The predicted octanol–water partition coefficient (Wildman–Crippen LogP) is -4.95. The minimum atomic E-state index is -2.58. The molecule has 8 N–H and O–H groups in total. The van der Waals surface area contributed by atoms with E-state index in [0.29, 0.717) is 6.26 Å². The van der Waals surface area contributed by atoms with Crippen molar-refractivity contribution in [3.63, 3.8) is 0 Å². The first-order chi connectivity index (χ1) is 13.9. The Balaban J connectivity index is 1.96. The van der Waals surface area contributed by atoms with Gasteiger partial charge in [0, 0.05) is 0 Å². The third-order valence-corrected chi connectivity index (χ3v) is 6.00. The van der Waals surface area contributed by atoms with Crippen molar-refractivity contribution in [2.75, 3.05) is 13.7 Å². The second-order valence-corrected chi connectivity index (χ2v) is 7.78. The van der Waals surface area contributed by atoms with Gasteiger partial charge >= 0.3 is 5.97 Å². The highest BCUT2D eigenvalue weighted by molar-refractivity contribution is 5.91. The van der Waals surface area contributed by atoms with Crippen LogP contribution >= 0.6 is 0 Å². The van der Waals surface area contributed by atoms with Crippen molar-refractivity contribution in [2.24, 2.45) is 5.92 Å². The van der Waals surface area contributed by atoms with Crippen molar-refractivity contribution in [3.05, 3.63) is 11.8 Å². The summed E-state index contributed by atoms with van der Waals surface area (Å²) in [5.74, 6) is -2.79. The molecule has 0 amide bonds. The molecule has 0 aromatic carbocycles. The van der Waals surface area contributed by atoms with E-state index >= 15 is 0 Å². The first-order valence-electron chi connectivity index (χ1n) is 9.14. The van der Waals surface area contributed by atoms with Gasteiger partial charge in [-0.05, 0) is 6.92 Å². The summed E-state index contributed by atoms with van der Waals surface area (Å²) >= 11 is 0. The zero-order valence-electron chi connectivity index (χ0n) is 16.1. The molecule has 2 fully saturated rings. The Morgan fingerprint density at radius 2 is 1.70 bits per heavy atom. The maximum Gasteiger partial charge on any atom is 0.339 e. The second-order valence-electron chi connectivity index (χ2n) is 7.78. The molecule has 3 aliphatic rings. The lowest BCUT2D eigenvalue weighted by Crippen LogP contribution is -2.63. The number of rotatable bonds is 4. The molecule has 0 aromatic rings. The lowest BCUT2D eigenvalue weighted by atomic mass is 9.76. The zero-order valence-corrected chi connectivity index (χ0v) is 16.1. The number of aliphatic hydroxyl groups excluding tert-OH is 6. The van der Waals surface area contributed by atoms with Crippen LogP contribution in [0.4, 0.5) is 0 Å². The molecule has 2 heterocycles. The molecule has 13 heteroatoms. The smallest absolute Gasteiger partial charge is 0.339 e. The number of methoxy groups -OCH3 is 1. The van der Waals surface area contributed by atoms with Crippen LogP contribution in [0.3, 0.4) is 0 Å². The van der Waals surface area contributed by atoms with Crippen LogP contribution < -0.4 is 0 Å². The number of ether oxygens (including phenoxy) is 4. The molecule has 1 saturated heterocycles. The Hall–Kier alpha value is -1.39. The zero-order chi connectivity index (χ0) is 22.6. The van der Waals surface area contributed by atoms with Gasteiger partial charge in [0.15, 0.2) is 6.29 Å². The van der Waals surface area contributed by atoms with E-state index in [0.717, 1.165) is 14.0 Å². The number of carbonyl (C=O) groups excluding carboxylic acids is 1. The molecule has 172 valence electrons. The normalized spacial score (nSPS) is 51.0. The van der Waals surface area contributed by atoms with Gasteiger partial charge in [-0.1, -0.05) is 0 Å². The maximum atomic E-state index is 12.1. The molecule has 3 rings (SSSR count). The Morgan fingerprint density at radius 3 is 2.27 bits per heavy atom. The van der Waals surface area contributed by atoms with Crippen LogP contribution in [0.25, 0.3) is 0 Å². The predicted molar refractivity (Wildman–Crippen MR) is 90.9 cm³/mol. The second kappa shape index (κ2) is 7.94. The van der Waals surface area contributed by atoms with Gasteiger partial charge in [-0.2, -0.15) is 0 Å². The average Bonchev–Trinajstić information content (AvgIpc) is 2.85. The van der Waals surface area contributed by atoms with E-state index in [9.17, 15) is 45.6 Å².